The van der Waals surface area contributed by atoms with Crippen LogP contribution in [0.3, 0.4) is 0 Å². The molecule has 0 aromatic carbocycles. The molecule has 3 rings (SSSR count). The lowest BCUT2D eigenvalue weighted by Gasteiger charge is -2.42. The molecule has 2 unspecified atom stereocenters. The molecule has 0 bridgehead atoms. The van der Waals surface area contributed by atoms with E-state index in [1.807, 2.05) is 18.2 Å². The van der Waals surface area contributed by atoms with E-state index in [-0.39, 0.29) is 18.2 Å². The summed E-state index contributed by atoms with van der Waals surface area (Å²) in [5, 5.41) is 7.63. The van der Waals surface area contributed by atoms with E-state index in [0.717, 1.165) is 37.0 Å². The van der Waals surface area contributed by atoms with Gasteiger partial charge in [0.15, 0.2) is 0 Å². The van der Waals surface area contributed by atoms with Crippen LogP contribution in [0, 0.1) is 0 Å². The number of amides is 1. The molecule has 3 heterocycles. The molecule has 2 N–H and O–H groups in total. The van der Waals surface area contributed by atoms with Crippen LogP contribution in [0.4, 0.5) is 0 Å². The largest absolute Gasteiger partial charge is 0.328 e. The van der Waals surface area contributed by atoms with Crippen LogP contribution in [0.15, 0.2) is 29.4 Å². The average molecular weight is 321 g/mol. The van der Waals surface area contributed by atoms with Crippen molar-refractivity contribution in [2.75, 3.05) is 39.0 Å². The monoisotopic (exact) mass is 321 g/mol. The standard InChI is InChI=1S/C15H23N5OS/c1-19-6-8-20(9-7-19)15-17-12(10-13(21)18-15)11-22-14-4-2-3-5-16-14/h2-5,12,15,17H,6-11H2,1H3,(H,18,21). The fourth-order valence-corrected chi connectivity index (χ4v) is 3.66. The molecule has 2 atom stereocenters. The zero-order chi connectivity index (χ0) is 15.4. The summed E-state index contributed by atoms with van der Waals surface area (Å²) in [4.78, 5) is 20.9. The predicted molar refractivity (Wildman–Crippen MR) is 87.5 cm³/mol. The van der Waals surface area contributed by atoms with Gasteiger partial charge in [-0.1, -0.05) is 6.07 Å². The summed E-state index contributed by atoms with van der Waals surface area (Å²) < 4.78 is 0. The van der Waals surface area contributed by atoms with Crippen LogP contribution < -0.4 is 10.6 Å². The van der Waals surface area contributed by atoms with Gasteiger partial charge in [-0.25, -0.2) is 4.98 Å². The van der Waals surface area contributed by atoms with E-state index in [0.29, 0.717) is 6.42 Å². The molecule has 1 aromatic heterocycles. The summed E-state index contributed by atoms with van der Waals surface area (Å²) in [6.07, 6.45) is 2.30. The molecule has 2 saturated heterocycles. The van der Waals surface area contributed by atoms with Gasteiger partial charge in [-0.05, 0) is 19.2 Å². The fourth-order valence-electron chi connectivity index (χ4n) is 2.76. The highest BCUT2D eigenvalue weighted by Gasteiger charge is 2.31. The number of aromatic nitrogens is 1. The average Bonchev–Trinajstić information content (AvgIpc) is 2.54. The Balaban J connectivity index is 1.53. The molecule has 2 aliphatic heterocycles. The van der Waals surface area contributed by atoms with Gasteiger partial charge in [0.1, 0.15) is 6.29 Å². The summed E-state index contributed by atoms with van der Waals surface area (Å²) >= 11 is 1.70. The molecule has 0 radical (unpaired) electrons. The van der Waals surface area contributed by atoms with Crippen molar-refractivity contribution in [2.24, 2.45) is 0 Å². The number of rotatable bonds is 4. The number of carbonyl (C=O) groups is 1. The first-order chi connectivity index (χ1) is 10.7. The van der Waals surface area contributed by atoms with Gasteiger partial charge in [0.05, 0.1) is 5.03 Å². The molecule has 2 fully saturated rings. The van der Waals surface area contributed by atoms with Crippen molar-refractivity contribution in [3.63, 3.8) is 0 Å². The summed E-state index contributed by atoms with van der Waals surface area (Å²) in [7, 11) is 2.14. The Bertz CT molecular complexity index is 492. The number of hydrogen-bond acceptors (Lipinski definition) is 6. The molecule has 0 aliphatic carbocycles. The molecule has 22 heavy (non-hydrogen) atoms. The quantitative estimate of drug-likeness (QED) is 0.772. The highest BCUT2D eigenvalue weighted by molar-refractivity contribution is 7.99. The van der Waals surface area contributed by atoms with Crippen LogP contribution in [0.1, 0.15) is 6.42 Å². The van der Waals surface area contributed by atoms with E-state index in [2.05, 4.69) is 32.5 Å². The third-order valence-corrected chi connectivity index (χ3v) is 5.20. The molecule has 2 aliphatic rings. The van der Waals surface area contributed by atoms with Crippen LogP contribution >= 0.6 is 11.8 Å². The normalized spacial score (nSPS) is 27.6. The molecular weight excluding hydrogens is 298 g/mol. The van der Waals surface area contributed by atoms with Crippen LogP contribution in [-0.2, 0) is 4.79 Å². The van der Waals surface area contributed by atoms with Crippen molar-refractivity contribution in [2.45, 2.75) is 23.8 Å². The van der Waals surface area contributed by atoms with Gasteiger partial charge in [-0.3, -0.25) is 15.0 Å². The maximum absolute atomic E-state index is 12.0. The number of nitrogens with one attached hydrogen (secondary N) is 2. The molecule has 1 aromatic rings. The van der Waals surface area contributed by atoms with Crippen molar-refractivity contribution in [3.05, 3.63) is 24.4 Å². The Morgan fingerprint density at radius 3 is 2.86 bits per heavy atom. The highest BCUT2D eigenvalue weighted by Crippen LogP contribution is 2.18. The molecule has 120 valence electrons. The van der Waals surface area contributed by atoms with Crippen molar-refractivity contribution in [1.29, 1.82) is 0 Å². The van der Waals surface area contributed by atoms with Crippen molar-refractivity contribution >= 4 is 17.7 Å². The number of hydrogen-bond donors (Lipinski definition) is 2. The maximum atomic E-state index is 12.0. The van der Waals surface area contributed by atoms with Gasteiger partial charge in [-0.15, -0.1) is 11.8 Å². The fraction of sp³-hybridized carbons (Fsp3) is 0.600. The van der Waals surface area contributed by atoms with Crippen LogP contribution in [0.5, 0.6) is 0 Å². The first kappa shape index (κ1) is 15.7. The summed E-state index contributed by atoms with van der Waals surface area (Å²) in [6, 6.07) is 6.10. The van der Waals surface area contributed by atoms with Gasteiger partial charge in [-0.2, -0.15) is 0 Å². The number of pyridine rings is 1. The minimum absolute atomic E-state index is 0.0377. The Kier molecular flexibility index (Phi) is 5.30. The molecule has 0 spiro atoms. The second kappa shape index (κ2) is 7.41. The van der Waals surface area contributed by atoms with Gasteiger partial charge < -0.3 is 10.2 Å². The summed E-state index contributed by atoms with van der Waals surface area (Å²) in [5.74, 6) is 0.989. The van der Waals surface area contributed by atoms with Gasteiger partial charge >= 0.3 is 0 Å². The molecule has 7 heteroatoms. The SMILES string of the molecule is CN1CCN(C2NC(=O)CC(CSc3ccccn3)N2)CC1. The number of likely N-dealkylation sites (N-methyl/N-ethyl adjacent to an activating group) is 1. The van der Waals surface area contributed by atoms with Crippen LogP contribution in [0.2, 0.25) is 0 Å². The Labute approximate surface area is 135 Å². The van der Waals surface area contributed by atoms with E-state index in [1.165, 1.54) is 0 Å². The van der Waals surface area contributed by atoms with Crippen molar-refractivity contribution in [3.8, 4) is 0 Å². The topological polar surface area (TPSA) is 60.5 Å². The number of piperazine rings is 1. The van der Waals surface area contributed by atoms with Crippen LogP contribution in [-0.4, -0.2) is 72.0 Å². The van der Waals surface area contributed by atoms with E-state index in [1.54, 1.807) is 18.0 Å². The zero-order valence-corrected chi connectivity index (χ0v) is 13.7. The Morgan fingerprint density at radius 1 is 1.32 bits per heavy atom. The lowest BCUT2D eigenvalue weighted by molar-refractivity contribution is -0.127. The lowest BCUT2D eigenvalue weighted by atomic mass is 10.2. The minimum atomic E-state index is -0.0377. The summed E-state index contributed by atoms with van der Waals surface area (Å²) in [6.45, 7) is 4.05. The minimum Gasteiger partial charge on any atom is -0.328 e. The second-order valence-electron chi connectivity index (χ2n) is 5.86. The van der Waals surface area contributed by atoms with Crippen LogP contribution in [0.25, 0.3) is 0 Å². The summed E-state index contributed by atoms with van der Waals surface area (Å²) in [5.41, 5.74) is 0. The smallest absolute Gasteiger partial charge is 0.223 e. The first-order valence-corrected chi connectivity index (χ1v) is 8.71. The molecule has 1 amide bonds. The second-order valence-corrected chi connectivity index (χ2v) is 6.90. The van der Waals surface area contributed by atoms with E-state index in [9.17, 15) is 4.79 Å². The maximum Gasteiger partial charge on any atom is 0.223 e. The number of thioether (sulfide) groups is 1. The Morgan fingerprint density at radius 2 is 2.14 bits per heavy atom. The third-order valence-electron chi connectivity index (χ3n) is 4.10. The molecule has 0 saturated carbocycles. The van der Waals surface area contributed by atoms with Gasteiger partial charge in [0.25, 0.3) is 0 Å². The van der Waals surface area contributed by atoms with E-state index >= 15 is 0 Å². The number of carbonyl (C=O) groups excluding carboxylic acids is 1. The van der Waals surface area contributed by atoms with E-state index in [4.69, 9.17) is 0 Å². The van der Waals surface area contributed by atoms with Gasteiger partial charge in [0, 0.05) is 50.6 Å². The lowest BCUT2D eigenvalue weighted by Crippen LogP contribution is -2.66. The first-order valence-electron chi connectivity index (χ1n) is 7.72. The number of nitrogens with zero attached hydrogens (tertiary/aromatic N) is 3. The molecule has 6 nitrogen and oxygen atoms in total. The molecular formula is C15H23N5OS. The van der Waals surface area contributed by atoms with E-state index < -0.39 is 0 Å². The van der Waals surface area contributed by atoms with Gasteiger partial charge in [0.2, 0.25) is 5.91 Å². The van der Waals surface area contributed by atoms with Crippen molar-refractivity contribution < 1.29 is 4.79 Å². The van der Waals surface area contributed by atoms with Crippen molar-refractivity contribution in [1.82, 2.24) is 25.4 Å². The highest BCUT2D eigenvalue weighted by atomic mass is 32.2. The Hall–Kier alpha value is -1.15. The third kappa shape index (κ3) is 4.19. The predicted octanol–water partition coefficient (Wildman–Crippen LogP) is 0.183. The zero-order valence-electron chi connectivity index (χ0n) is 12.9.